The zero-order chi connectivity index (χ0) is 16.8. The topological polar surface area (TPSA) is 52.6 Å². The Hall–Kier alpha value is -1.35. The molecule has 2 heterocycles. The Kier molecular flexibility index (Phi) is 7.95. The third-order valence-electron chi connectivity index (χ3n) is 4.04. The van der Waals surface area contributed by atoms with E-state index >= 15 is 0 Å². The van der Waals surface area contributed by atoms with E-state index in [0.29, 0.717) is 12.6 Å². The highest BCUT2D eigenvalue weighted by Crippen LogP contribution is 2.19. The molecule has 1 aromatic heterocycles. The number of aliphatic imine (C=N–C) groups is 1. The second-order valence-corrected chi connectivity index (χ2v) is 7.29. The quantitative estimate of drug-likeness (QED) is 0.399. The van der Waals surface area contributed by atoms with E-state index in [1.807, 2.05) is 6.20 Å². The first-order chi connectivity index (χ1) is 11.7. The van der Waals surface area contributed by atoms with Crippen molar-refractivity contribution in [3.05, 3.63) is 46.4 Å². The summed E-state index contributed by atoms with van der Waals surface area (Å²) >= 11 is 1.71. The third-order valence-corrected chi connectivity index (χ3v) is 4.93. The van der Waals surface area contributed by atoms with Crippen LogP contribution in [-0.4, -0.2) is 36.6 Å². The molecule has 1 aliphatic heterocycles. The molecule has 0 amide bonds. The van der Waals surface area contributed by atoms with Gasteiger partial charge in [-0.05, 0) is 32.4 Å². The van der Waals surface area contributed by atoms with E-state index in [-0.39, 0.29) is 24.0 Å². The minimum atomic E-state index is 0. The molecular formula is C18H26IN5S. The molecule has 0 aliphatic carbocycles. The number of nitrogens with zero attached hydrogens (tertiary/aromatic N) is 3. The second-order valence-electron chi connectivity index (χ2n) is 5.97. The lowest BCUT2D eigenvalue weighted by atomic mass is 10.3. The fraction of sp³-hybridized carbons (Fsp3) is 0.444. The van der Waals surface area contributed by atoms with Gasteiger partial charge in [-0.15, -0.1) is 35.3 Å². The smallest absolute Gasteiger partial charge is 0.191 e. The number of hydrogen-bond donors (Lipinski definition) is 2. The maximum atomic E-state index is 4.68. The zero-order valence-electron chi connectivity index (χ0n) is 14.7. The highest BCUT2D eigenvalue weighted by atomic mass is 127. The van der Waals surface area contributed by atoms with Crippen LogP contribution in [0.25, 0.3) is 0 Å². The van der Waals surface area contributed by atoms with Crippen molar-refractivity contribution >= 4 is 47.0 Å². The minimum absolute atomic E-state index is 0. The van der Waals surface area contributed by atoms with Crippen molar-refractivity contribution in [2.75, 3.05) is 24.5 Å². The highest BCUT2D eigenvalue weighted by molar-refractivity contribution is 14.0. The molecule has 2 aromatic rings. The highest BCUT2D eigenvalue weighted by Gasteiger charge is 2.23. The van der Waals surface area contributed by atoms with E-state index in [4.69, 9.17) is 0 Å². The average Bonchev–Trinajstić information content (AvgIpc) is 3.23. The van der Waals surface area contributed by atoms with E-state index in [9.17, 15) is 0 Å². The van der Waals surface area contributed by atoms with Crippen LogP contribution in [0.15, 0.2) is 41.5 Å². The number of benzene rings is 1. The molecule has 7 heteroatoms. The van der Waals surface area contributed by atoms with E-state index in [2.05, 4.69) is 69.7 Å². The summed E-state index contributed by atoms with van der Waals surface area (Å²) in [5.74, 6) is 0.880. The number of aryl methyl sites for hydroxylation is 1. The standard InChI is InChI=1S/C18H25N5S.HI/c1-3-19-18(21-12-17-20-11-14(2)24-17)22-15-9-10-23(13-15)16-7-5-4-6-8-16;/h4-8,11,15H,3,9-10,12-13H2,1-2H3,(H2,19,21,22);1H. The lowest BCUT2D eigenvalue weighted by Gasteiger charge is -2.20. The molecular weight excluding hydrogens is 445 g/mol. The fourth-order valence-corrected chi connectivity index (χ4v) is 3.60. The lowest BCUT2D eigenvalue weighted by Crippen LogP contribution is -2.44. The van der Waals surface area contributed by atoms with Crippen LogP contribution in [0.1, 0.15) is 23.2 Å². The zero-order valence-corrected chi connectivity index (χ0v) is 17.9. The molecule has 1 atom stereocenters. The molecule has 0 radical (unpaired) electrons. The molecule has 1 aromatic carbocycles. The van der Waals surface area contributed by atoms with Gasteiger partial charge in [-0.2, -0.15) is 0 Å². The number of halogens is 1. The number of hydrogen-bond acceptors (Lipinski definition) is 4. The van der Waals surface area contributed by atoms with Gasteiger partial charge in [0, 0.05) is 42.4 Å². The van der Waals surface area contributed by atoms with Crippen molar-refractivity contribution in [1.82, 2.24) is 15.6 Å². The summed E-state index contributed by atoms with van der Waals surface area (Å²) < 4.78 is 0. The molecule has 1 saturated heterocycles. The average molecular weight is 471 g/mol. The fourth-order valence-electron chi connectivity index (χ4n) is 2.89. The van der Waals surface area contributed by atoms with Gasteiger partial charge in [0.1, 0.15) is 5.01 Å². The van der Waals surface area contributed by atoms with Gasteiger partial charge in [-0.1, -0.05) is 18.2 Å². The molecule has 5 nitrogen and oxygen atoms in total. The van der Waals surface area contributed by atoms with Gasteiger partial charge >= 0.3 is 0 Å². The summed E-state index contributed by atoms with van der Waals surface area (Å²) in [6.45, 7) is 7.74. The molecule has 2 N–H and O–H groups in total. The maximum absolute atomic E-state index is 4.68. The van der Waals surface area contributed by atoms with E-state index < -0.39 is 0 Å². The summed E-state index contributed by atoms with van der Waals surface area (Å²) in [7, 11) is 0. The van der Waals surface area contributed by atoms with E-state index in [1.165, 1.54) is 10.6 Å². The number of aromatic nitrogens is 1. The van der Waals surface area contributed by atoms with Gasteiger partial charge in [0.15, 0.2) is 5.96 Å². The van der Waals surface area contributed by atoms with Crippen LogP contribution in [0.4, 0.5) is 5.69 Å². The summed E-state index contributed by atoms with van der Waals surface area (Å²) in [4.78, 5) is 12.7. The first-order valence-corrected chi connectivity index (χ1v) is 9.32. The van der Waals surface area contributed by atoms with Crippen molar-refractivity contribution in [3.8, 4) is 0 Å². The van der Waals surface area contributed by atoms with Crippen LogP contribution in [0.3, 0.4) is 0 Å². The van der Waals surface area contributed by atoms with Gasteiger partial charge in [0.05, 0.1) is 6.54 Å². The second kappa shape index (κ2) is 9.96. The summed E-state index contributed by atoms with van der Waals surface area (Å²) in [6.07, 6.45) is 3.03. The van der Waals surface area contributed by atoms with Crippen molar-refractivity contribution in [3.63, 3.8) is 0 Å². The van der Waals surface area contributed by atoms with E-state index in [0.717, 1.165) is 37.0 Å². The molecule has 0 spiro atoms. The normalized spacial score (nSPS) is 17.3. The van der Waals surface area contributed by atoms with Crippen molar-refractivity contribution in [2.45, 2.75) is 32.9 Å². The van der Waals surface area contributed by atoms with Crippen molar-refractivity contribution in [1.29, 1.82) is 0 Å². The molecule has 1 fully saturated rings. The van der Waals surface area contributed by atoms with Gasteiger partial charge in [-0.3, -0.25) is 0 Å². The van der Waals surface area contributed by atoms with Gasteiger partial charge in [0.25, 0.3) is 0 Å². The molecule has 1 aliphatic rings. The molecule has 25 heavy (non-hydrogen) atoms. The first-order valence-electron chi connectivity index (χ1n) is 8.50. The largest absolute Gasteiger partial charge is 0.369 e. The minimum Gasteiger partial charge on any atom is -0.369 e. The van der Waals surface area contributed by atoms with Gasteiger partial charge in [-0.25, -0.2) is 9.98 Å². The maximum Gasteiger partial charge on any atom is 0.191 e. The Bertz CT molecular complexity index is 673. The summed E-state index contributed by atoms with van der Waals surface area (Å²) in [5.41, 5.74) is 1.29. The summed E-state index contributed by atoms with van der Waals surface area (Å²) in [6, 6.07) is 11.0. The predicted molar refractivity (Wildman–Crippen MR) is 117 cm³/mol. The number of rotatable bonds is 5. The first kappa shape index (κ1) is 20.0. The van der Waals surface area contributed by atoms with Crippen LogP contribution < -0.4 is 15.5 Å². The molecule has 136 valence electrons. The third kappa shape index (κ3) is 5.85. The van der Waals surface area contributed by atoms with Gasteiger partial charge < -0.3 is 15.5 Å². The molecule has 0 saturated carbocycles. The Morgan fingerprint density at radius 1 is 1.36 bits per heavy atom. The number of nitrogens with one attached hydrogen (secondary N) is 2. The Morgan fingerprint density at radius 3 is 2.84 bits per heavy atom. The number of anilines is 1. The molecule has 1 unspecified atom stereocenters. The Balaban J connectivity index is 0.00000225. The number of guanidine groups is 1. The lowest BCUT2D eigenvalue weighted by molar-refractivity contribution is 0.649. The van der Waals surface area contributed by atoms with Crippen molar-refractivity contribution in [2.24, 2.45) is 4.99 Å². The predicted octanol–water partition coefficient (Wildman–Crippen LogP) is 3.40. The SMILES string of the molecule is CCNC(=NCc1ncc(C)s1)NC1CCN(c2ccccc2)C1.I. The molecule has 0 bridgehead atoms. The van der Waals surface area contributed by atoms with Crippen LogP contribution in [-0.2, 0) is 6.54 Å². The van der Waals surface area contributed by atoms with Crippen LogP contribution in [0, 0.1) is 6.92 Å². The number of para-hydroxylation sites is 1. The number of thiazole rings is 1. The Morgan fingerprint density at radius 2 is 2.16 bits per heavy atom. The van der Waals surface area contributed by atoms with Crippen molar-refractivity contribution < 1.29 is 0 Å². The van der Waals surface area contributed by atoms with Crippen LogP contribution in [0.5, 0.6) is 0 Å². The molecule has 3 rings (SSSR count). The Labute approximate surface area is 171 Å². The van der Waals surface area contributed by atoms with Crippen LogP contribution >= 0.6 is 35.3 Å². The monoisotopic (exact) mass is 471 g/mol. The van der Waals surface area contributed by atoms with Crippen LogP contribution in [0.2, 0.25) is 0 Å². The van der Waals surface area contributed by atoms with E-state index in [1.54, 1.807) is 11.3 Å². The summed E-state index contributed by atoms with van der Waals surface area (Å²) in [5, 5.41) is 7.96. The van der Waals surface area contributed by atoms with Gasteiger partial charge in [0.2, 0.25) is 0 Å².